The Morgan fingerprint density at radius 2 is 1.90 bits per heavy atom. The van der Waals surface area contributed by atoms with Crippen LogP contribution in [-0.4, -0.2) is 51.3 Å². The number of aryl methyl sites for hydroxylation is 1. The Morgan fingerprint density at radius 1 is 1.17 bits per heavy atom. The van der Waals surface area contributed by atoms with Gasteiger partial charge in [-0.1, -0.05) is 30.3 Å². The van der Waals surface area contributed by atoms with Crippen LogP contribution in [0.25, 0.3) is 0 Å². The molecule has 0 unspecified atom stereocenters. The molecule has 2 atom stereocenters. The van der Waals surface area contributed by atoms with Crippen LogP contribution in [-0.2, 0) is 11.2 Å². The average molecular weight is 401 g/mol. The third-order valence-corrected chi connectivity index (χ3v) is 5.62. The van der Waals surface area contributed by atoms with Gasteiger partial charge in [-0.05, 0) is 49.4 Å². The van der Waals surface area contributed by atoms with E-state index in [4.69, 9.17) is 0 Å². The van der Waals surface area contributed by atoms with Gasteiger partial charge in [-0.2, -0.15) is 0 Å². The zero-order chi connectivity index (χ0) is 21.0. The minimum Gasteiger partial charge on any atom is -0.505 e. The maximum absolute atomic E-state index is 13.3. The molecule has 0 bridgehead atoms. The first-order valence-electron chi connectivity index (χ1n) is 9.57. The van der Waals surface area contributed by atoms with Crippen molar-refractivity contribution in [2.75, 3.05) is 13.1 Å². The molecule has 154 valence electrons. The first-order chi connectivity index (χ1) is 13.8. The number of aliphatic carboxylic acids is 1. The summed E-state index contributed by atoms with van der Waals surface area (Å²) in [5.41, 5.74) is -0.318. The van der Waals surface area contributed by atoms with Crippen LogP contribution < -0.4 is 0 Å². The fourth-order valence-corrected chi connectivity index (χ4v) is 3.90. The first-order valence-corrected chi connectivity index (χ1v) is 9.57. The molecule has 1 saturated heterocycles. The molecule has 1 aliphatic rings. The van der Waals surface area contributed by atoms with Crippen LogP contribution in [0, 0.1) is 11.2 Å². The number of carbonyl (C=O) groups is 2. The highest BCUT2D eigenvalue weighted by atomic mass is 19.1. The number of benzene rings is 2. The van der Waals surface area contributed by atoms with Crippen molar-refractivity contribution in [3.8, 4) is 5.75 Å². The summed E-state index contributed by atoms with van der Waals surface area (Å²) in [5, 5.41) is 30.0. The Hall–Kier alpha value is -2.93. The molecule has 3 N–H and O–H groups in total. The van der Waals surface area contributed by atoms with Crippen molar-refractivity contribution in [1.82, 2.24) is 4.90 Å². The van der Waals surface area contributed by atoms with Crippen molar-refractivity contribution < 1.29 is 29.3 Å². The largest absolute Gasteiger partial charge is 0.505 e. The van der Waals surface area contributed by atoms with E-state index in [0.29, 0.717) is 12.8 Å². The van der Waals surface area contributed by atoms with E-state index in [0.717, 1.165) is 17.7 Å². The number of likely N-dealkylation sites (tertiary alicyclic amines) is 1. The van der Waals surface area contributed by atoms with Gasteiger partial charge in [0.1, 0.15) is 5.41 Å². The summed E-state index contributed by atoms with van der Waals surface area (Å²) in [5.74, 6) is -3.12. The van der Waals surface area contributed by atoms with E-state index in [2.05, 4.69) is 0 Å². The minimum atomic E-state index is -1.47. The number of carbonyl (C=O) groups excluding carboxylic acids is 1. The molecule has 1 aliphatic heterocycles. The van der Waals surface area contributed by atoms with Crippen LogP contribution in [0.2, 0.25) is 0 Å². The quantitative estimate of drug-likeness (QED) is 0.692. The normalized spacial score (nSPS) is 21.7. The highest BCUT2D eigenvalue weighted by molar-refractivity contribution is 5.95. The first kappa shape index (κ1) is 20.8. The third kappa shape index (κ3) is 4.40. The van der Waals surface area contributed by atoms with Crippen molar-refractivity contribution in [1.29, 1.82) is 0 Å². The van der Waals surface area contributed by atoms with Crippen molar-refractivity contribution in [2.24, 2.45) is 5.41 Å². The van der Waals surface area contributed by atoms with E-state index < -0.39 is 35.0 Å². The Labute approximate surface area is 168 Å². The minimum absolute atomic E-state index is 0.0730. The lowest BCUT2D eigenvalue weighted by Crippen LogP contribution is -2.57. The average Bonchev–Trinajstić information content (AvgIpc) is 2.71. The smallest absolute Gasteiger partial charge is 0.314 e. The van der Waals surface area contributed by atoms with E-state index in [1.807, 2.05) is 30.3 Å². The van der Waals surface area contributed by atoms with Crippen LogP contribution in [0.3, 0.4) is 0 Å². The van der Waals surface area contributed by atoms with E-state index in [1.165, 1.54) is 11.0 Å². The molecule has 0 radical (unpaired) electrons. The van der Waals surface area contributed by atoms with E-state index in [-0.39, 0.29) is 31.5 Å². The Balaban J connectivity index is 1.76. The summed E-state index contributed by atoms with van der Waals surface area (Å²) < 4.78 is 13.3. The number of phenolic OH excluding ortho intramolecular Hbond substituents is 1. The van der Waals surface area contributed by atoms with Gasteiger partial charge < -0.3 is 20.2 Å². The number of halogens is 1. The molecule has 1 fully saturated rings. The second-order valence-electron chi connectivity index (χ2n) is 7.50. The lowest BCUT2D eigenvalue weighted by Gasteiger charge is -2.43. The summed E-state index contributed by atoms with van der Waals surface area (Å²) >= 11 is 0. The number of hydrogen-bond acceptors (Lipinski definition) is 4. The topological polar surface area (TPSA) is 98.1 Å². The van der Waals surface area contributed by atoms with Gasteiger partial charge in [-0.25, -0.2) is 4.39 Å². The number of hydrogen-bond donors (Lipinski definition) is 3. The third-order valence-electron chi connectivity index (χ3n) is 5.62. The van der Waals surface area contributed by atoms with Crippen molar-refractivity contribution in [2.45, 2.75) is 31.8 Å². The molecule has 2 aromatic carbocycles. The van der Waals surface area contributed by atoms with E-state index >= 15 is 0 Å². The molecule has 0 aliphatic carbocycles. The van der Waals surface area contributed by atoms with Gasteiger partial charge >= 0.3 is 5.97 Å². The fourth-order valence-electron chi connectivity index (χ4n) is 3.90. The van der Waals surface area contributed by atoms with Gasteiger partial charge in [0, 0.05) is 18.7 Å². The van der Waals surface area contributed by atoms with E-state index in [9.17, 15) is 29.3 Å². The van der Waals surface area contributed by atoms with Gasteiger partial charge in [0.2, 0.25) is 0 Å². The predicted molar refractivity (Wildman–Crippen MR) is 104 cm³/mol. The number of nitrogens with zero attached hydrogens (tertiary/aromatic N) is 1. The molecule has 1 heterocycles. The molecule has 0 saturated carbocycles. The van der Waals surface area contributed by atoms with Gasteiger partial charge in [0.05, 0.1) is 6.10 Å². The molecule has 0 spiro atoms. The lowest BCUT2D eigenvalue weighted by atomic mass is 9.73. The maximum atomic E-state index is 13.3. The number of carboxylic acid groups (broad SMARTS) is 1. The van der Waals surface area contributed by atoms with Crippen LogP contribution in [0.4, 0.5) is 4.39 Å². The molecular weight excluding hydrogens is 377 g/mol. The van der Waals surface area contributed by atoms with E-state index in [1.54, 1.807) is 0 Å². The second kappa shape index (κ2) is 8.61. The van der Waals surface area contributed by atoms with Crippen molar-refractivity contribution in [3.05, 3.63) is 65.5 Å². The van der Waals surface area contributed by atoms with Crippen LogP contribution in [0.15, 0.2) is 48.5 Å². The van der Waals surface area contributed by atoms with Crippen LogP contribution >= 0.6 is 0 Å². The standard InChI is InChI=1S/C22H24FNO5/c23-17-9-8-16(13-18(17)25)20(27)24-12-10-19(26)22(14-24,21(28)29)11-4-7-15-5-2-1-3-6-15/h1-3,5-6,8-9,13,19,25-26H,4,7,10-12,14H2,(H,28,29)/t19-,22+/m0/s1. The summed E-state index contributed by atoms with van der Waals surface area (Å²) in [6, 6.07) is 12.9. The maximum Gasteiger partial charge on any atom is 0.314 e. The predicted octanol–water partition coefficient (Wildman–Crippen LogP) is 2.83. The second-order valence-corrected chi connectivity index (χ2v) is 7.50. The zero-order valence-corrected chi connectivity index (χ0v) is 15.9. The molecule has 6 nitrogen and oxygen atoms in total. The molecule has 2 aromatic rings. The summed E-state index contributed by atoms with van der Waals surface area (Å²) in [7, 11) is 0. The number of aliphatic hydroxyl groups is 1. The summed E-state index contributed by atoms with van der Waals surface area (Å²) in [4.78, 5) is 26.3. The summed E-state index contributed by atoms with van der Waals surface area (Å²) in [6.07, 6.45) is 0.504. The van der Waals surface area contributed by atoms with Crippen LogP contribution in [0.5, 0.6) is 5.75 Å². The molecule has 3 rings (SSSR count). The number of aliphatic hydroxyl groups excluding tert-OH is 1. The monoisotopic (exact) mass is 401 g/mol. The Kier molecular flexibility index (Phi) is 6.17. The van der Waals surface area contributed by atoms with Crippen molar-refractivity contribution in [3.63, 3.8) is 0 Å². The fraction of sp³-hybridized carbons (Fsp3) is 0.364. The Bertz CT molecular complexity index is 888. The molecular formula is C22H24FNO5. The van der Waals surface area contributed by atoms with Gasteiger partial charge in [-0.3, -0.25) is 9.59 Å². The van der Waals surface area contributed by atoms with Gasteiger partial charge in [-0.15, -0.1) is 0 Å². The number of aromatic hydroxyl groups is 1. The SMILES string of the molecule is O=C(c1ccc(F)c(O)c1)N1CC[C@H](O)[C@](CCCc2ccccc2)(C(=O)O)C1. The lowest BCUT2D eigenvalue weighted by molar-refractivity contribution is -0.162. The number of piperidine rings is 1. The molecule has 0 aromatic heterocycles. The zero-order valence-electron chi connectivity index (χ0n) is 15.9. The Morgan fingerprint density at radius 3 is 2.55 bits per heavy atom. The molecule has 7 heteroatoms. The highest BCUT2D eigenvalue weighted by Crippen LogP contribution is 2.37. The van der Waals surface area contributed by atoms with Crippen molar-refractivity contribution >= 4 is 11.9 Å². The van der Waals surface area contributed by atoms with Gasteiger partial charge in [0.15, 0.2) is 11.6 Å². The van der Waals surface area contributed by atoms with Crippen LogP contribution in [0.1, 0.15) is 35.2 Å². The summed E-state index contributed by atoms with van der Waals surface area (Å²) in [6.45, 7) is 0.0428. The molecule has 29 heavy (non-hydrogen) atoms. The highest BCUT2D eigenvalue weighted by Gasteiger charge is 2.49. The number of rotatable bonds is 6. The molecule has 1 amide bonds. The number of carboxylic acids is 1. The van der Waals surface area contributed by atoms with Gasteiger partial charge in [0.25, 0.3) is 5.91 Å². The number of amides is 1. The number of phenols is 1.